The lowest BCUT2D eigenvalue weighted by Crippen LogP contribution is -2.47. The van der Waals surface area contributed by atoms with E-state index in [0.29, 0.717) is 5.75 Å². The van der Waals surface area contributed by atoms with Crippen LogP contribution in [0.5, 0.6) is 5.75 Å². The zero-order valence-electron chi connectivity index (χ0n) is 11.8. The highest BCUT2D eigenvalue weighted by molar-refractivity contribution is 5.80. The number of aliphatic carboxylic acids is 1. The maximum absolute atomic E-state index is 11.5. The number of hydrogen-bond acceptors (Lipinski definition) is 4. The van der Waals surface area contributed by atoms with Crippen molar-refractivity contribution >= 4 is 11.9 Å². The molecule has 0 aromatic heterocycles. The van der Waals surface area contributed by atoms with Crippen molar-refractivity contribution in [1.82, 2.24) is 5.32 Å². The number of carboxylic acid groups (broad SMARTS) is 1. The number of rotatable bonds is 6. The number of amides is 1. The molecular formula is C14H19NO5. The Hall–Kier alpha value is -2.08. The summed E-state index contributed by atoms with van der Waals surface area (Å²) in [5, 5.41) is 20.4. The molecule has 0 saturated carbocycles. The Morgan fingerprint density at radius 1 is 1.30 bits per heavy atom. The van der Waals surface area contributed by atoms with Gasteiger partial charge in [-0.25, -0.2) is 4.79 Å². The van der Waals surface area contributed by atoms with Crippen LogP contribution in [0.1, 0.15) is 18.1 Å². The Bertz CT molecular complexity index is 510. The van der Waals surface area contributed by atoms with Crippen molar-refractivity contribution in [3.05, 3.63) is 29.3 Å². The zero-order valence-corrected chi connectivity index (χ0v) is 11.8. The number of carboxylic acids is 1. The summed E-state index contributed by atoms with van der Waals surface area (Å²) in [6, 6.07) is 5.46. The molecule has 0 aliphatic carbocycles. The monoisotopic (exact) mass is 281 g/mol. The van der Waals surface area contributed by atoms with Gasteiger partial charge in [0.2, 0.25) is 0 Å². The largest absolute Gasteiger partial charge is 0.484 e. The van der Waals surface area contributed by atoms with Gasteiger partial charge in [0, 0.05) is 0 Å². The summed E-state index contributed by atoms with van der Waals surface area (Å²) >= 11 is 0. The fraction of sp³-hybridized carbons (Fsp3) is 0.429. The lowest BCUT2D eigenvalue weighted by Gasteiger charge is -2.18. The maximum atomic E-state index is 11.5. The lowest BCUT2D eigenvalue weighted by molar-refractivity contribution is -0.156. The molecule has 1 aromatic rings. The first-order valence-corrected chi connectivity index (χ1v) is 6.15. The van der Waals surface area contributed by atoms with Crippen molar-refractivity contribution in [3.63, 3.8) is 0 Å². The van der Waals surface area contributed by atoms with Gasteiger partial charge >= 0.3 is 5.97 Å². The molecule has 0 radical (unpaired) electrons. The van der Waals surface area contributed by atoms with E-state index in [1.807, 2.05) is 26.0 Å². The summed E-state index contributed by atoms with van der Waals surface area (Å²) in [5.74, 6) is -1.33. The van der Waals surface area contributed by atoms with Crippen LogP contribution in [0, 0.1) is 13.8 Å². The fourth-order valence-electron chi connectivity index (χ4n) is 1.35. The zero-order chi connectivity index (χ0) is 15.3. The third kappa shape index (κ3) is 4.55. The highest BCUT2D eigenvalue weighted by atomic mass is 16.5. The molecule has 1 unspecified atom stereocenters. The van der Waals surface area contributed by atoms with Crippen molar-refractivity contribution < 1.29 is 24.5 Å². The summed E-state index contributed by atoms with van der Waals surface area (Å²) < 4.78 is 5.29. The van der Waals surface area contributed by atoms with Crippen molar-refractivity contribution in [2.24, 2.45) is 0 Å². The predicted octanol–water partition coefficient (Wildman–Crippen LogP) is 0.634. The molecule has 6 heteroatoms. The second kappa shape index (κ2) is 6.38. The van der Waals surface area contributed by atoms with E-state index in [0.717, 1.165) is 18.1 Å². The normalized spacial score (nSPS) is 13.4. The summed E-state index contributed by atoms with van der Waals surface area (Å²) in [5.41, 5.74) is 0.187. The third-order valence-electron chi connectivity index (χ3n) is 2.94. The van der Waals surface area contributed by atoms with Gasteiger partial charge in [-0.3, -0.25) is 4.79 Å². The number of benzene rings is 1. The molecule has 1 rings (SSSR count). The smallest absolute Gasteiger partial charge is 0.337 e. The molecule has 0 aliphatic rings. The SMILES string of the molecule is Cc1ccc(OCC(=O)NCC(C)(O)C(=O)O)cc1C. The number of aryl methyl sites for hydroxylation is 2. The summed E-state index contributed by atoms with van der Waals surface area (Å²) in [4.78, 5) is 22.1. The van der Waals surface area contributed by atoms with Crippen LogP contribution in [0.3, 0.4) is 0 Å². The Kier molecular flexibility index (Phi) is 5.10. The molecule has 0 heterocycles. The van der Waals surface area contributed by atoms with Gasteiger partial charge in [-0.05, 0) is 44.0 Å². The molecule has 110 valence electrons. The maximum Gasteiger partial charge on any atom is 0.337 e. The van der Waals surface area contributed by atoms with E-state index in [1.54, 1.807) is 6.07 Å². The molecule has 3 N–H and O–H groups in total. The standard InChI is InChI=1S/C14H19NO5/c1-9-4-5-11(6-10(9)2)20-7-12(16)15-8-14(3,19)13(17)18/h4-6,19H,7-8H2,1-3H3,(H,15,16)(H,17,18). The minimum absolute atomic E-state index is 0.238. The first-order chi connectivity index (χ1) is 9.22. The van der Waals surface area contributed by atoms with Crippen molar-refractivity contribution in [1.29, 1.82) is 0 Å². The molecule has 0 spiro atoms. The summed E-state index contributed by atoms with van der Waals surface area (Å²) in [6.07, 6.45) is 0. The minimum atomic E-state index is -1.99. The fourth-order valence-corrected chi connectivity index (χ4v) is 1.35. The average molecular weight is 281 g/mol. The minimum Gasteiger partial charge on any atom is -0.484 e. The van der Waals surface area contributed by atoms with Crippen molar-refractivity contribution in [2.45, 2.75) is 26.4 Å². The van der Waals surface area contributed by atoms with Crippen molar-refractivity contribution in [3.8, 4) is 5.75 Å². The van der Waals surface area contributed by atoms with Gasteiger partial charge in [-0.2, -0.15) is 0 Å². The Morgan fingerprint density at radius 2 is 1.95 bits per heavy atom. The first kappa shape index (κ1) is 16.0. The highest BCUT2D eigenvalue weighted by Gasteiger charge is 2.30. The average Bonchev–Trinajstić information content (AvgIpc) is 2.37. The van der Waals surface area contributed by atoms with E-state index in [1.165, 1.54) is 0 Å². The van der Waals surface area contributed by atoms with Gasteiger partial charge in [0.25, 0.3) is 5.91 Å². The molecule has 0 fully saturated rings. The topological polar surface area (TPSA) is 95.9 Å². The van der Waals surface area contributed by atoms with E-state index in [4.69, 9.17) is 9.84 Å². The van der Waals surface area contributed by atoms with E-state index in [2.05, 4.69) is 5.32 Å². The quantitative estimate of drug-likeness (QED) is 0.711. The summed E-state index contributed by atoms with van der Waals surface area (Å²) in [6.45, 7) is 4.40. The van der Waals surface area contributed by atoms with Gasteiger partial charge in [0.05, 0.1) is 6.54 Å². The molecule has 0 saturated heterocycles. The van der Waals surface area contributed by atoms with E-state index < -0.39 is 17.5 Å². The number of carbonyl (C=O) groups excluding carboxylic acids is 1. The molecule has 1 atom stereocenters. The molecule has 0 bridgehead atoms. The number of hydrogen-bond donors (Lipinski definition) is 3. The second-order valence-corrected chi connectivity index (χ2v) is 4.89. The summed E-state index contributed by atoms with van der Waals surface area (Å²) in [7, 11) is 0. The van der Waals surface area contributed by atoms with E-state index >= 15 is 0 Å². The van der Waals surface area contributed by atoms with Gasteiger partial charge in [-0.15, -0.1) is 0 Å². The lowest BCUT2D eigenvalue weighted by atomic mass is 10.1. The molecular weight excluding hydrogens is 262 g/mol. The second-order valence-electron chi connectivity index (χ2n) is 4.89. The van der Waals surface area contributed by atoms with E-state index in [9.17, 15) is 14.7 Å². The molecule has 0 aliphatic heterocycles. The van der Waals surface area contributed by atoms with Gasteiger partial charge in [0.15, 0.2) is 12.2 Å². The third-order valence-corrected chi connectivity index (χ3v) is 2.94. The van der Waals surface area contributed by atoms with Crippen LogP contribution < -0.4 is 10.1 Å². The van der Waals surface area contributed by atoms with Crippen LogP contribution in [0.15, 0.2) is 18.2 Å². The van der Waals surface area contributed by atoms with E-state index in [-0.39, 0.29) is 13.2 Å². The number of aliphatic hydroxyl groups is 1. The molecule has 6 nitrogen and oxygen atoms in total. The van der Waals surface area contributed by atoms with Crippen LogP contribution in [0.25, 0.3) is 0 Å². The molecule has 1 amide bonds. The van der Waals surface area contributed by atoms with Crippen LogP contribution in [-0.2, 0) is 9.59 Å². The first-order valence-electron chi connectivity index (χ1n) is 6.15. The number of carbonyl (C=O) groups is 2. The molecule has 1 aromatic carbocycles. The van der Waals surface area contributed by atoms with Gasteiger partial charge in [-0.1, -0.05) is 6.07 Å². The van der Waals surface area contributed by atoms with Crippen LogP contribution in [0.2, 0.25) is 0 Å². The van der Waals surface area contributed by atoms with Crippen LogP contribution in [-0.4, -0.2) is 40.8 Å². The molecule has 20 heavy (non-hydrogen) atoms. The predicted molar refractivity (Wildman–Crippen MR) is 72.7 cm³/mol. The Balaban J connectivity index is 2.44. The Labute approximate surface area is 117 Å². The van der Waals surface area contributed by atoms with Gasteiger partial charge in [0.1, 0.15) is 5.75 Å². The Morgan fingerprint density at radius 3 is 2.50 bits per heavy atom. The van der Waals surface area contributed by atoms with Crippen LogP contribution in [0.4, 0.5) is 0 Å². The van der Waals surface area contributed by atoms with Gasteiger partial charge < -0.3 is 20.3 Å². The number of nitrogens with one attached hydrogen (secondary N) is 1. The highest BCUT2D eigenvalue weighted by Crippen LogP contribution is 2.16. The van der Waals surface area contributed by atoms with Crippen molar-refractivity contribution in [2.75, 3.05) is 13.2 Å². The van der Waals surface area contributed by atoms with Crippen LogP contribution >= 0.6 is 0 Å². The number of ether oxygens (including phenoxy) is 1.